The number of aromatic carboxylic acids is 1. The van der Waals surface area contributed by atoms with Gasteiger partial charge in [0, 0.05) is 27.8 Å². The Labute approximate surface area is 163 Å². The number of amides is 1. The normalized spacial score (nSPS) is 15.9. The van der Waals surface area contributed by atoms with E-state index in [1.807, 2.05) is 6.07 Å². The third-order valence-corrected chi connectivity index (χ3v) is 5.99. The highest BCUT2D eigenvalue weighted by atomic mass is 35.5. The predicted octanol–water partition coefficient (Wildman–Crippen LogP) is 5.38. The van der Waals surface area contributed by atoms with Crippen LogP contribution in [0.2, 0.25) is 5.02 Å². The first-order valence-electron chi connectivity index (χ1n) is 8.15. The van der Waals surface area contributed by atoms with E-state index in [1.165, 1.54) is 18.2 Å². The zero-order valence-electron chi connectivity index (χ0n) is 13.8. The number of carboxylic acid groups (broad SMARTS) is 1. The maximum absolute atomic E-state index is 13.7. The number of halogens is 2. The fourth-order valence-electron chi connectivity index (χ4n) is 3.35. The average molecular weight is 402 g/mol. The van der Waals surface area contributed by atoms with Crippen molar-refractivity contribution >= 4 is 40.5 Å². The lowest BCUT2D eigenvalue weighted by atomic mass is 9.88. The smallest absolute Gasteiger partial charge is 0.346 e. The minimum absolute atomic E-state index is 0.0693. The molecule has 1 aliphatic heterocycles. The molecule has 1 atom stereocenters. The molecule has 2 N–H and O–H groups in total. The molecule has 0 bridgehead atoms. The molecule has 0 aliphatic carbocycles. The molecule has 136 valence electrons. The van der Waals surface area contributed by atoms with Crippen molar-refractivity contribution in [3.05, 3.63) is 74.7 Å². The molecule has 0 spiro atoms. The van der Waals surface area contributed by atoms with Gasteiger partial charge in [-0.1, -0.05) is 35.9 Å². The molecule has 0 radical (unpaired) electrons. The van der Waals surface area contributed by atoms with Gasteiger partial charge in [0.1, 0.15) is 10.7 Å². The number of hydrogen-bond acceptors (Lipinski definition) is 3. The second-order valence-corrected chi connectivity index (χ2v) is 7.71. The zero-order valence-corrected chi connectivity index (χ0v) is 15.4. The Bertz CT molecular complexity index is 1080. The zero-order chi connectivity index (χ0) is 19.1. The highest BCUT2D eigenvalue weighted by Gasteiger charge is 2.34. The van der Waals surface area contributed by atoms with Gasteiger partial charge in [0.05, 0.1) is 5.69 Å². The minimum atomic E-state index is -1.12. The molecule has 1 amide bonds. The highest BCUT2D eigenvalue weighted by molar-refractivity contribution is 7.15. The van der Waals surface area contributed by atoms with E-state index < -0.39 is 11.8 Å². The van der Waals surface area contributed by atoms with Gasteiger partial charge in [0.25, 0.3) is 0 Å². The summed E-state index contributed by atoms with van der Waals surface area (Å²) in [5.74, 6) is -2.12. The van der Waals surface area contributed by atoms with Gasteiger partial charge in [0.2, 0.25) is 5.91 Å². The number of fused-ring (bicyclic) bond motifs is 1. The Morgan fingerprint density at radius 2 is 2.00 bits per heavy atom. The second kappa shape index (κ2) is 6.79. The monoisotopic (exact) mass is 401 g/mol. The molecule has 7 heteroatoms. The summed E-state index contributed by atoms with van der Waals surface area (Å²) in [5.41, 5.74) is 2.02. The lowest BCUT2D eigenvalue weighted by Gasteiger charge is -2.24. The van der Waals surface area contributed by atoms with E-state index in [1.54, 1.807) is 24.3 Å². The minimum Gasteiger partial charge on any atom is -0.477 e. The molecule has 4 rings (SSSR count). The molecule has 4 nitrogen and oxygen atoms in total. The Hall–Kier alpha value is -2.70. The van der Waals surface area contributed by atoms with E-state index in [-0.39, 0.29) is 23.1 Å². The second-order valence-electron chi connectivity index (χ2n) is 6.22. The van der Waals surface area contributed by atoms with Crippen molar-refractivity contribution in [2.24, 2.45) is 0 Å². The average Bonchev–Trinajstić information content (AvgIpc) is 3.00. The number of thiophene rings is 1. The van der Waals surface area contributed by atoms with Crippen LogP contribution in [0.4, 0.5) is 10.1 Å². The molecule has 0 saturated heterocycles. The largest absolute Gasteiger partial charge is 0.477 e. The van der Waals surface area contributed by atoms with E-state index >= 15 is 0 Å². The van der Waals surface area contributed by atoms with E-state index in [0.717, 1.165) is 21.8 Å². The van der Waals surface area contributed by atoms with Crippen LogP contribution < -0.4 is 5.32 Å². The fourth-order valence-corrected chi connectivity index (χ4v) is 4.79. The number of nitrogens with one attached hydrogen (secondary N) is 1. The fraction of sp³-hybridized carbons (Fsp3) is 0.100. The molecule has 2 aromatic carbocycles. The first-order chi connectivity index (χ1) is 12.9. The van der Waals surface area contributed by atoms with Crippen LogP contribution in [0.5, 0.6) is 0 Å². The molecular weight excluding hydrogens is 389 g/mol. The van der Waals surface area contributed by atoms with Crippen molar-refractivity contribution in [1.82, 2.24) is 0 Å². The predicted molar refractivity (Wildman–Crippen MR) is 103 cm³/mol. The molecule has 2 heterocycles. The van der Waals surface area contributed by atoms with Crippen LogP contribution in [0.25, 0.3) is 11.1 Å². The SMILES string of the molecule is O=C1CC(c2cccc(Cl)c2)c2sc(C(=O)O)c(-c3cccc(F)c3)c2N1. The van der Waals surface area contributed by atoms with Crippen molar-refractivity contribution in [3.8, 4) is 11.1 Å². The van der Waals surface area contributed by atoms with Crippen LogP contribution in [0.3, 0.4) is 0 Å². The van der Waals surface area contributed by atoms with Crippen LogP contribution in [0, 0.1) is 5.82 Å². The Morgan fingerprint density at radius 3 is 2.70 bits per heavy atom. The molecule has 1 unspecified atom stereocenters. The molecule has 0 fully saturated rings. The molecule has 1 aromatic heterocycles. The van der Waals surface area contributed by atoms with Crippen molar-refractivity contribution in [2.45, 2.75) is 12.3 Å². The van der Waals surface area contributed by atoms with Gasteiger partial charge in [-0.15, -0.1) is 11.3 Å². The number of anilines is 1. The van der Waals surface area contributed by atoms with Gasteiger partial charge < -0.3 is 10.4 Å². The first kappa shape index (κ1) is 17.7. The number of carbonyl (C=O) groups is 2. The number of rotatable bonds is 3. The van der Waals surface area contributed by atoms with Crippen molar-refractivity contribution in [2.75, 3.05) is 5.32 Å². The van der Waals surface area contributed by atoms with E-state index in [4.69, 9.17) is 11.6 Å². The van der Waals surface area contributed by atoms with Crippen LogP contribution in [-0.2, 0) is 4.79 Å². The summed E-state index contributed by atoms with van der Waals surface area (Å²) in [6, 6.07) is 12.9. The van der Waals surface area contributed by atoms with E-state index in [2.05, 4.69) is 5.32 Å². The number of carboxylic acids is 1. The van der Waals surface area contributed by atoms with Crippen LogP contribution >= 0.6 is 22.9 Å². The first-order valence-corrected chi connectivity index (χ1v) is 9.34. The van der Waals surface area contributed by atoms with Gasteiger partial charge in [-0.25, -0.2) is 9.18 Å². The van der Waals surface area contributed by atoms with E-state index in [0.29, 0.717) is 21.8 Å². The maximum atomic E-state index is 13.7. The Kier molecular flexibility index (Phi) is 4.45. The standard InChI is InChI=1S/C20H13ClFNO3S/c21-12-5-1-3-10(7-12)14-9-15(24)23-17-16(11-4-2-6-13(22)8-11)19(20(25)26)27-18(14)17/h1-8,14H,9H2,(H,23,24)(H,25,26). The van der Waals surface area contributed by atoms with Crippen molar-refractivity contribution in [3.63, 3.8) is 0 Å². The third kappa shape index (κ3) is 3.22. The Morgan fingerprint density at radius 1 is 1.22 bits per heavy atom. The molecule has 3 aromatic rings. The molecule has 27 heavy (non-hydrogen) atoms. The van der Waals surface area contributed by atoms with Crippen LogP contribution in [0.1, 0.15) is 32.5 Å². The topological polar surface area (TPSA) is 66.4 Å². The van der Waals surface area contributed by atoms with Crippen LogP contribution in [-0.4, -0.2) is 17.0 Å². The van der Waals surface area contributed by atoms with E-state index in [9.17, 15) is 19.1 Å². The molecule has 0 saturated carbocycles. The van der Waals surface area contributed by atoms with Crippen molar-refractivity contribution < 1.29 is 19.1 Å². The maximum Gasteiger partial charge on any atom is 0.346 e. The number of hydrogen-bond donors (Lipinski definition) is 2. The summed E-state index contributed by atoms with van der Waals surface area (Å²) in [5, 5.41) is 13.0. The summed E-state index contributed by atoms with van der Waals surface area (Å²) < 4.78 is 13.7. The molecule has 1 aliphatic rings. The summed E-state index contributed by atoms with van der Waals surface area (Å²) in [6.45, 7) is 0. The summed E-state index contributed by atoms with van der Waals surface area (Å²) in [4.78, 5) is 25.0. The highest BCUT2D eigenvalue weighted by Crippen LogP contribution is 2.49. The van der Waals surface area contributed by atoms with Gasteiger partial charge >= 0.3 is 5.97 Å². The van der Waals surface area contributed by atoms with Gasteiger partial charge in [0.15, 0.2) is 0 Å². The Balaban J connectivity index is 1.95. The lowest BCUT2D eigenvalue weighted by molar-refractivity contribution is -0.116. The quantitative estimate of drug-likeness (QED) is 0.619. The summed E-state index contributed by atoms with van der Waals surface area (Å²) in [7, 11) is 0. The van der Waals surface area contributed by atoms with Crippen LogP contribution in [0.15, 0.2) is 48.5 Å². The summed E-state index contributed by atoms with van der Waals surface area (Å²) in [6.07, 6.45) is 0.190. The van der Waals surface area contributed by atoms with Gasteiger partial charge in [-0.3, -0.25) is 4.79 Å². The summed E-state index contributed by atoms with van der Waals surface area (Å²) >= 11 is 7.20. The number of benzene rings is 2. The third-order valence-electron chi connectivity index (χ3n) is 4.46. The van der Waals surface area contributed by atoms with Gasteiger partial charge in [-0.05, 0) is 35.4 Å². The van der Waals surface area contributed by atoms with Crippen molar-refractivity contribution in [1.29, 1.82) is 0 Å². The lowest BCUT2D eigenvalue weighted by Crippen LogP contribution is -2.22. The molecular formula is C20H13ClFNO3S. The van der Waals surface area contributed by atoms with Gasteiger partial charge in [-0.2, -0.15) is 0 Å². The number of carbonyl (C=O) groups excluding carboxylic acids is 1.